The summed E-state index contributed by atoms with van der Waals surface area (Å²) >= 11 is 0. The number of amides is 1. The molecule has 2 atom stereocenters. The number of likely N-dealkylation sites (tertiary alicyclic amines) is 1. The summed E-state index contributed by atoms with van der Waals surface area (Å²) in [7, 11) is 0. The van der Waals surface area contributed by atoms with E-state index in [1.807, 2.05) is 21.6 Å². The van der Waals surface area contributed by atoms with Gasteiger partial charge in [-0.2, -0.15) is 0 Å². The predicted molar refractivity (Wildman–Crippen MR) is 107 cm³/mol. The van der Waals surface area contributed by atoms with Gasteiger partial charge in [0, 0.05) is 55.3 Å². The van der Waals surface area contributed by atoms with E-state index in [0.29, 0.717) is 25.6 Å². The van der Waals surface area contributed by atoms with E-state index in [1.165, 1.54) is 0 Å². The normalized spacial score (nSPS) is 25.4. The summed E-state index contributed by atoms with van der Waals surface area (Å²) in [4.78, 5) is 32.1. The van der Waals surface area contributed by atoms with Crippen molar-refractivity contribution in [2.24, 2.45) is 11.7 Å². The van der Waals surface area contributed by atoms with Crippen molar-refractivity contribution in [3.63, 3.8) is 0 Å². The first kappa shape index (κ1) is 17.6. The van der Waals surface area contributed by atoms with Gasteiger partial charge in [-0.1, -0.05) is 18.9 Å². The monoisotopic (exact) mass is 378 g/mol. The number of hydrogen-bond donors (Lipinski definition) is 1. The lowest BCUT2D eigenvalue weighted by Gasteiger charge is -2.45. The Labute approximate surface area is 164 Å². The number of carbonyl (C=O) groups is 1. The number of rotatable bonds is 2. The Morgan fingerprint density at radius 1 is 1.14 bits per heavy atom. The molecule has 2 N–H and O–H groups in total. The van der Waals surface area contributed by atoms with Crippen molar-refractivity contribution in [2.75, 3.05) is 13.1 Å². The lowest BCUT2D eigenvalue weighted by Crippen LogP contribution is -2.58. The van der Waals surface area contributed by atoms with E-state index < -0.39 is 5.54 Å². The minimum absolute atomic E-state index is 0.0388. The fourth-order valence-electron chi connectivity index (χ4n) is 5.36. The van der Waals surface area contributed by atoms with Crippen molar-refractivity contribution in [3.8, 4) is 11.1 Å². The molecule has 0 unspecified atom stereocenters. The molecule has 1 amide bonds. The minimum Gasteiger partial charge on any atom is -0.340 e. The van der Waals surface area contributed by atoms with E-state index in [4.69, 9.17) is 5.73 Å². The van der Waals surface area contributed by atoms with E-state index in [-0.39, 0.29) is 17.4 Å². The molecular formula is C22H26N4O2. The van der Waals surface area contributed by atoms with Crippen LogP contribution in [0.4, 0.5) is 0 Å². The molecule has 6 nitrogen and oxygen atoms in total. The van der Waals surface area contributed by atoms with Gasteiger partial charge in [-0.25, -0.2) is 0 Å². The van der Waals surface area contributed by atoms with E-state index in [2.05, 4.69) is 11.1 Å². The summed E-state index contributed by atoms with van der Waals surface area (Å²) in [5.41, 5.74) is 8.70. The van der Waals surface area contributed by atoms with Crippen LogP contribution in [0, 0.1) is 5.92 Å². The molecule has 2 aromatic rings. The second kappa shape index (κ2) is 6.55. The lowest BCUT2D eigenvalue weighted by atomic mass is 9.81. The third-order valence-corrected chi connectivity index (χ3v) is 6.76. The highest BCUT2D eigenvalue weighted by Crippen LogP contribution is 2.38. The van der Waals surface area contributed by atoms with Gasteiger partial charge < -0.3 is 15.2 Å². The van der Waals surface area contributed by atoms with Crippen LogP contribution in [0.5, 0.6) is 0 Å². The third kappa shape index (κ3) is 2.87. The van der Waals surface area contributed by atoms with E-state index in [1.54, 1.807) is 18.5 Å². The molecule has 1 saturated carbocycles. The first-order valence-corrected chi connectivity index (χ1v) is 10.3. The van der Waals surface area contributed by atoms with Crippen LogP contribution >= 0.6 is 0 Å². The number of nitrogens with zero attached hydrogens (tertiary/aromatic N) is 3. The summed E-state index contributed by atoms with van der Waals surface area (Å²) in [5, 5.41) is 0. The van der Waals surface area contributed by atoms with Gasteiger partial charge in [-0.3, -0.25) is 14.6 Å². The Kier molecular flexibility index (Phi) is 4.12. The zero-order valence-corrected chi connectivity index (χ0v) is 16.0. The first-order valence-electron chi connectivity index (χ1n) is 10.3. The van der Waals surface area contributed by atoms with Gasteiger partial charge in [0.15, 0.2) is 0 Å². The van der Waals surface area contributed by atoms with Crippen LogP contribution in [0.2, 0.25) is 0 Å². The van der Waals surface area contributed by atoms with Gasteiger partial charge in [0.05, 0.1) is 5.54 Å². The smallest absolute Gasteiger partial charge is 0.251 e. The quantitative estimate of drug-likeness (QED) is 0.868. The average molecular weight is 378 g/mol. The number of pyridine rings is 2. The summed E-state index contributed by atoms with van der Waals surface area (Å²) in [6.07, 6.45) is 8.20. The number of carbonyl (C=O) groups excluding carboxylic acids is 1. The molecule has 0 radical (unpaired) electrons. The fourth-order valence-corrected chi connectivity index (χ4v) is 5.36. The molecular weight excluding hydrogens is 352 g/mol. The van der Waals surface area contributed by atoms with Crippen molar-refractivity contribution in [3.05, 3.63) is 52.7 Å². The third-order valence-electron chi connectivity index (χ3n) is 6.76. The van der Waals surface area contributed by atoms with Gasteiger partial charge in [-0.15, -0.1) is 0 Å². The predicted octanol–water partition coefficient (Wildman–Crippen LogP) is 2.13. The summed E-state index contributed by atoms with van der Waals surface area (Å²) in [5.74, 6) is 0.617. The fraction of sp³-hybridized carbons (Fsp3) is 0.500. The van der Waals surface area contributed by atoms with Gasteiger partial charge in [-0.05, 0) is 42.9 Å². The summed E-state index contributed by atoms with van der Waals surface area (Å²) in [6, 6.07) is 7.67. The molecule has 0 aromatic carbocycles. The number of aromatic nitrogens is 2. The highest BCUT2D eigenvalue weighted by atomic mass is 16.2. The number of nitrogens with two attached hydrogens (primary N) is 1. The first-order chi connectivity index (χ1) is 13.5. The van der Waals surface area contributed by atoms with Crippen molar-refractivity contribution in [1.29, 1.82) is 0 Å². The van der Waals surface area contributed by atoms with Crippen LogP contribution in [0.1, 0.15) is 43.7 Å². The number of fused-ring (bicyclic) bond motifs is 4. The van der Waals surface area contributed by atoms with E-state index >= 15 is 0 Å². The van der Waals surface area contributed by atoms with Crippen LogP contribution in [-0.4, -0.2) is 39.0 Å². The maximum atomic E-state index is 13.1. The number of piperidine rings is 1. The Hall–Kier alpha value is -2.47. The van der Waals surface area contributed by atoms with Crippen molar-refractivity contribution in [2.45, 2.75) is 50.1 Å². The van der Waals surface area contributed by atoms with Crippen LogP contribution in [-0.2, 0) is 11.3 Å². The molecule has 6 heteroatoms. The molecule has 2 aromatic heterocycles. The Morgan fingerprint density at radius 2 is 1.96 bits per heavy atom. The van der Waals surface area contributed by atoms with Crippen LogP contribution in [0.3, 0.4) is 0 Å². The molecule has 1 saturated heterocycles. The molecule has 4 heterocycles. The molecule has 1 aliphatic carbocycles. The molecule has 5 rings (SSSR count). The summed E-state index contributed by atoms with van der Waals surface area (Å²) < 4.78 is 1.91. The molecule has 3 aliphatic rings. The SMILES string of the molecule is NC1(C(=O)N2C[C@@H]3C[C@H](C2)c2cc(-c4cccnc4)cc(=O)n2C3)CCCC1. The summed E-state index contributed by atoms with van der Waals surface area (Å²) in [6.45, 7) is 2.05. The number of hydrogen-bond acceptors (Lipinski definition) is 4. The second-order valence-electron chi connectivity index (χ2n) is 8.73. The van der Waals surface area contributed by atoms with Crippen molar-refractivity contribution in [1.82, 2.24) is 14.5 Å². The van der Waals surface area contributed by atoms with Crippen LogP contribution < -0.4 is 11.3 Å². The maximum Gasteiger partial charge on any atom is 0.251 e. The second-order valence-corrected chi connectivity index (χ2v) is 8.73. The Morgan fingerprint density at radius 3 is 2.71 bits per heavy atom. The van der Waals surface area contributed by atoms with Gasteiger partial charge in [0.2, 0.25) is 5.91 Å². The van der Waals surface area contributed by atoms with E-state index in [9.17, 15) is 9.59 Å². The molecule has 2 fully saturated rings. The molecule has 28 heavy (non-hydrogen) atoms. The molecule has 146 valence electrons. The van der Waals surface area contributed by atoms with Crippen LogP contribution in [0.25, 0.3) is 11.1 Å². The average Bonchev–Trinajstić information content (AvgIpc) is 3.16. The van der Waals surface area contributed by atoms with Crippen molar-refractivity contribution < 1.29 is 4.79 Å². The standard InChI is InChI=1S/C22H26N4O2/c23-22(5-1-2-6-22)21(28)25-12-15-8-18(14-25)19-9-17(10-20(27)26(19)13-15)16-4-3-7-24-11-16/h3-4,7,9-11,15,18H,1-2,5-6,8,12-14,23H2/t15-,18+/m0/s1. The van der Waals surface area contributed by atoms with Gasteiger partial charge in [0.1, 0.15) is 0 Å². The van der Waals surface area contributed by atoms with Crippen molar-refractivity contribution >= 4 is 5.91 Å². The maximum absolute atomic E-state index is 13.1. The largest absolute Gasteiger partial charge is 0.340 e. The Balaban J connectivity index is 1.48. The van der Waals surface area contributed by atoms with E-state index in [0.717, 1.165) is 48.9 Å². The Bertz CT molecular complexity index is 962. The molecule has 0 spiro atoms. The highest BCUT2D eigenvalue weighted by molar-refractivity contribution is 5.86. The van der Waals surface area contributed by atoms with Crippen LogP contribution in [0.15, 0.2) is 41.5 Å². The topological polar surface area (TPSA) is 81.2 Å². The zero-order chi connectivity index (χ0) is 19.3. The minimum atomic E-state index is -0.678. The lowest BCUT2D eigenvalue weighted by molar-refractivity contribution is -0.139. The van der Waals surface area contributed by atoms with Gasteiger partial charge in [0.25, 0.3) is 5.56 Å². The zero-order valence-electron chi connectivity index (χ0n) is 16.0. The highest BCUT2D eigenvalue weighted by Gasteiger charge is 2.44. The molecule has 2 bridgehead atoms. The van der Waals surface area contributed by atoms with Gasteiger partial charge >= 0.3 is 0 Å². The molecule has 2 aliphatic heterocycles.